The monoisotopic (exact) mass is 412 g/mol. The fourth-order valence-electron chi connectivity index (χ4n) is 2.68. The van der Waals surface area contributed by atoms with Gasteiger partial charge in [-0.3, -0.25) is 9.78 Å². The van der Waals surface area contributed by atoms with Gasteiger partial charge in [-0.15, -0.1) is 0 Å². The van der Waals surface area contributed by atoms with Gasteiger partial charge in [0.25, 0.3) is 0 Å². The smallest absolute Gasteiger partial charge is 0.227 e. The molecule has 1 amide bonds. The van der Waals surface area contributed by atoms with Crippen LogP contribution in [0.15, 0.2) is 77.4 Å². The molecule has 1 aromatic heterocycles. The minimum Gasteiger partial charge on any atom is -0.306 e. The number of anilines is 1. The van der Waals surface area contributed by atoms with Crippen molar-refractivity contribution >= 4 is 27.5 Å². The minimum atomic E-state index is -0.278. The highest BCUT2D eigenvalue weighted by atomic mass is 79.9. The third-order valence-electron chi connectivity index (χ3n) is 4.05. The van der Waals surface area contributed by atoms with Crippen LogP contribution in [0.2, 0.25) is 0 Å². The Morgan fingerprint density at radius 3 is 2.42 bits per heavy atom. The van der Waals surface area contributed by atoms with E-state index in [-0.39, 0.29) is 18.1 Å². The molecule has 0 spiro atoms. The molecule has 132 valence electrons. The van der Waals surface area contributed by atoms with Crippen molar-refractivity contribution in [3.63, 3.8) is 0 Å². The summed E-state index contributed by atoms with van der Waals surface area (Å²) >= 11 is 3.41. The molecule has 2 aromatic carbocycles. The summed E-state index contributed by atoms with van der Waals surface area (Å²) in [5, 5.41) is 0. The van der Waals surface area contributed by atoms with Gasteiger partial charge < -0.3 is 4.90 Å². The van der Waals surface area contributed by atoms with E-state index in [0.717, 1.165) is 15.9 Å². The quantitative estimate of drug-likeness (QED) is 0.560. The Labute approximate surface area is 160 Å². The Kier molecular flexibility index (Phi) is 6.12. The van der Waals surface area contributed by atoms with Crippen LogP contribution in [-0.2, 0) is 17.8 Å². The van der Waals surface area contributed by atoms with Crippen molar-refractivity contribution in [2.45, 2.75) is 19.4 Å². The average molecular weight is 413 g/mol. The normalized spacial score (nSPS) is 10.5. The molecule has 0 N–H and O–H groups in total. The van der Waals surface area contributed by atoms with Gasteiger partial charge in [0.15, 0.2) is 0 Å². The first-order chi connectivity index (χ1) is 12.6. The first-order valence-corrected chi connectivity index (χ1v) is 9.12. The molecule has 0 aliphatic rings. The maximum Gasteiger partial charge on any atom is 0.227 e. The fourth-order valence-corrected chi connectivity index (χ4v) is 2.94. The number of benzene rings is 2. The maximum atomic E-state index is 13.8. The average Bonchev–Trinajstić information content (AvgIpc) is 2.67. The number of carbonyl (C=O) groups excluding carboxylic acids is 1. The van der Waals surface area contributed by atoms with Crippen molar-refractivity contribution < 1.29 is 9.18 Å². The van der Waals surface area contributed by atoms with Crippen molar-refractivity contribution in [2.24, 2.45) is 0 Å². The summed E-state index contributed by atoms with van der Waals surface area (Å²) in [5.74, 6) is -0.346. The molecule has 0 unspecified atom stereocenters. The lowest BCUT2D eigenvalue weighted by molar-refractivity contribution is -0.118. The number of aromatic nitrogens is 1. The number of pyridine rings is 1. The first-order valence-electron chi connectivity index (χ1n) is 8.33. The molecule has 0 saturated carbocycles. The van der Waals surface area contributed by atoms with Crippen molar-refractivity contribution in [1.82, 2.24) is 4.98 Å². The highest BCUT2D eigenvalue weighted by molar-refractivity contribution is 9.10. The van der Waals surface area contributed by atoms with Gasteiger partial charge in [0.1, 0.15) is 5.82 Å². The van der Waals surface area contributed by atoms with E-state index in [9.17, 15) is 9.18 Å². The predicted octanol–water partition coefficient (Wildman–Crippen LogP) is 5.15. The Bertz CT molecular complexity index is 869. The Balaban J connectivity index is 1.78. The first kappa shape index (κ1) is 18.3. The summed E-state index contributed by atoms with van der Waals surface area (Å²) in [7, 11) is 0. The van der Waals surface area contributed by atoms with E-state index in [1.165, 1.54) is 6.07 Å². The highest BCUT2D eigenvalue weighted by Gasteiger charge is 2.17. The Morgan fingerprint density at radius 2 is 1.73 bits per heavy atom. The van der Waals surface area contributed by atoms with E-state index >= 15 is 0 Å². The van der Waals surface area contributed by atoms with Crippen molar-refractivity contribution in [3.05, 3.63) is 94.5 Å². The zero-order chi connectivity index (χ0) is 18.4. The predicted molar refractivity (Wildman–Crippen MR) is 104 cm³/mol. The third kappa shape index (κ3) is 4.76. The molecule has 0 aliphatic heterocycles. The zero-order valence-electron chi connectivity index (χ0n) is 14.1. The number of halogens is 2. The molecule has 0 radical (unpaired) electrons. The maximum absolute atomic E-state index is 13.8. The summed E-state index contributed by atoms with van der Waals surface area (Å²) in [6.07, 6.45) is 2.30. The molecule has 0 bridgehead atoms. The molecule has 0 fully saturated rings. The number of aryl methyl sites for hydroxylation is 1. The molecule has 1 heterocycles. The zero-order valence-corrected chi connectivity index (χ0v) is 15.7. The fraction of sp³-hybridized carbons (Fsp3) is 0.143. The second kappa shape index (κ2) is 8.72. The molecule has 3 nitrogen and oxygen atoms in total. The number of hydrogen-bond acceptors (Lipinski definition) is 2. The van der Waals surface area contributed by atoms with Gasteiger partial charge in [-0.25, -0.2) is 4.39 Å². The van der Waals surface area contributed by atoms with Gasteiger partial charge in [-0.2, -0.15) is 0 Å². The van der Waals surface area contributed by atoms with E-state index < -0.39 is 0 Å². The molecular formula is C21H18BrFN2O. The third-order valence-corrected chi connectivity index (χ3v) is 4.58. The van der Waals surface area contributed by atoms with E-state index in [1.807, 2.05) is 42.5 Å². The lowest BCUT2D eigenvalue weighted by Crippen LogP contribution is -2.31. The molecule has 3 aromatic rings. The summed E-state index contributed by atoms with van der Waals surface area (Å²) in [6.45, 7) is 0.374. The van der Waals surface area contributed by atoms with Crippen LogP contribution in [0.1, 0.15) is 17.7 Å². The molecule has 26 heavy (non-hydrogen) atoms. The standard InChI is InChI=1S/C21H18BrFN2O/c22-17-9-11-19(12-10-17)25(15-18-6-3-4-14-24-18)21(26)13-8-16-5-1-2-7-20(16)23/h1-7,9-12,14H,8,13,15H2. The Morgan fingerprint density at radius 1 is 1.00 bits per heavy atom. The SMILES string of the molecule is O=C(CCc1ccccc1F)N(Cc1ccccn1)c1ccc(Br)cc1. The lowest BCUT2D eigenvalue weighted by Gasteiger charge is -2.23. The van der Waals surface area contributed by atoms with Crippen LogP contribution < -0.4 is 4.90 Å². The van der Waals surface area contributed by atoms with Crippen LogP contribution in [-0.4, -0.2) is 10.9 Å². The molecule has 0 atom stereocenters. The molecular weight excluding hydrogens is 395 g/mol. The number of rotatable bonds is 6. The van der Waals surface area contributed by atoms with Crippen molar-refractivity contribution in [1.29, 1.82) is 0 Å². The van der Waals surface area contributed by atoms with Crippen molar-refractivity contribution in [2.75, 3.05) is 4.90 Å². The number of hydrogen-bond donors (Lipinski definition) is 0. The van der Waals surface area contributed by atoms with Gasteiger partial charge in [-0.1, -0.05) is 40.2 Å². The van der Waals surface area contributed by atoms with Gasteiger partial charge >= 0.3 is 0 Å². The van der Waals surface area contributed by atoms with E-state index in [2.05, 4.69) is 20.9 Å². The minimum absolute atomic E-state index is 0.0683. The van der Waals surface area contributed by atoms with Crippen LogP contribution in [0.5, 0.6) is 0 Å². The highest BCUT2D eigenvalue weighted by Crippen LogP contribution is 2.22. The van der Waals surface area contributed by atoms with Gasteiger partial charge in [0.05, 0.1) is 12.2 Å². The molecule has 3 rings (SSSR count). The summed E-state index contributed by atoms with van der Waals surface area (Å²) in [4.78, 5) is 18.9. The second-order valence-electron chi connectivity index (χ2n) is 5.87. The summed E-state index contributed by atoms with van der Waals surface area (Å²) in [5.41, 5.74) is 2.14. The van der Waals surface area contributed by atoms with Gasteiger partial charge in [0.2, 0.25) is 5.91 Å². The van der Waals surface area contributed by atoms with E-state index in [1.54, 1.807) is 29.3 Å². The molecule has 0 aliphatic carbocycles. The van der Waals surface area contributed by atoms with Crippen LogP contribution in [0.25, 0.3) is 0 Å². The molecule has 5 heteroatoms. The Hall–Kier alpha value is -2.53. The number of nitrogens with zero attached hydrogens (tertiary/aromatic N) is 2. The second-order valence-corrected chi connectivity index (χ2v) is 6.78. The largest absolute Gasteiger partial charge is 0.306 e. The summed E-state index contributed by atoms with van der Waals surface area (Å²) in [6, 6.07) is 19.7. The number of carbonyl (C=O) groups is 1. The van der Waals surface area contributed by atoms with Gasteiger partial charge in [-0.05, 0) is 54.4 Å². The summed E-state index contributed by atoms with van der Waals surface area (Å²) < 4.78 is 14.8. The van der Waals surface area contributed by atoms with Crippen LogP contribution in [0, 0.1) is 5.82 Å². The van der Waals surface area contributed by atoms with Crippen LogP contribution in [0.3, 0.4) is 0 Å². The van der Waals surface area contributed by atoms with Crippen LogP contribution >= 0.6 is 15.9 Å². The molecule has 0 saturated heterocycles. The van der Waals surface area contributed by atoms with E-state index in [4.69, 9.17) is 0 Å². The number of amides is 1. The lowest BCUT2D eigenvalue weighted by atomic mass is 10.1. The van der Waals surface area contributed by atoms with Gasteiger partial charge in [0, 0.05) is 22.8 Å². The topological polar surface area (TPSA) is 33.2 Å². The van der Waals surface area contributed by atoms with E-state index in [0.29, 0.717) is 18.5 Å². The van der Waals surface area contributed by atoms with Crippen molar-refractivity contribution in [3.8, 4) is 0 Å². The van der Waals surface area contributed by atoms with Crippen LogP contribution in [0.4, 0.5) is 10.1 Å².